The molecule has 0 saturated carbocycles. The van der Waals surface area contributed by atoms with E-state index in [0.717, 1.165) is 6.07 Å². The predicted octanol–water partition coefficient (Wildman–Crippen LogP) is 2.70. The molecule has 2 nitrogen and oxygen atoms in total. The summed E-state index contributed by atoms with van der Waals surface area (Å²) in [6.07, 6.45) is -5.65. The van der Waals surface area contributed by atoms with E-state index in [1.165, 1.54) is 25.1 Å². The van der Waals surface area contributed by atoms with Gasteiger partial charge in [0.05, 0.1) is 0 Å². The minimum atomic E-state index is -4.82. The zero-order valence-corrected chi connectivity index (χ0v) is 10.1. The molecule has 0 aliphatic rings. The third kappa shape index (κ3) is 3.00. The first-order chi connectivity index (χ1) is 7.97. The van der Waals surface area contributed by atoms with Crippen molar-refractivity contribution in [1.29, 1.82) is 0 Å². The quantitative estimate of drug-likeness (QED) is 0.825. The Kier molecular flexibility index (Phi) is 3.74. The number of rotatable bonds is 3. The van der Waals surface area contributed by atoms with Crippen molar-refractivity contribution in [1.82, 2.24) is 0 Å². The molecule has 0 fully saturated rings. The third-order valence-electron chi connectivity index (χ3n) is 2.81. The molecule has 0 amide bonds. The SMILES string of the molecule is C[C@](N)(C[C@](C)(O)C(F)(F)F)c1ccccc1F. The van der Waals surface area contributed by atoms with Gasteiger partial charge in [0.25, 0.3) is 0 Å². The molecule has 1 rings (SSSR count). The molecule has 102 valence electrons. The average Bonchev–Trinajstić information content (AvgIpc) is 2.14. The van der Waals surface area contributed by atoms with Gasteiger partial charge in [-0.1, -0.05) is 18.2 Å². The van der Waals surface area contributed by atoms with Gasteiger partial charge in [-0.05, 0) is 19.9 Å². The summed E-state index contributed by atoms with van der Waals surface area (Å²) in [4.78, 5) is 0. The average molecular weight is 265 g/mol. The largest absolute Gasteiger partial charge is 0.416 e. The van der Waals surface area contributed by atoms with Crippen LogP contribution in [0.5, 0.6) is 0 Å². The fourth-order valence-corrected chi connectivity index (χ4v) is 1.83. The number of hydrogen-bond donors (Lipinski definition) is 2. The third-order valence-corrected chi connectivity index (χ3v) is 2.81. The van der Waals surface area contributed by atoms with Crippen molar-refractivity contribution in [3.8, 4) is 0 Å². The lowest BCUT2D eigenvalue weighted by Crippen LogP contribution is -2.50. The van der Waals surface area contributed by atoms with E-state index in [9.17, 15) is 22.7 Å². The molecule has 0 radical (unpaired) electrons. The molecule has 0 spiro atoms. The van der Waals surface area contributed by atoms with Crippen LogP contribution in [0.4, 0.5) is 17.6 Å². The highest BCUT2D eigenvalue weighted by molar-refractivity contribution is 5.25. The second kappa shape index (κ2) is 4.51. The lowest BCUT2D eigenvalue weighted by molar-refractivity contribution is -0.259. The summed E-state index contributed by atoms with van der Waals surface area (Å²) < 4.78 is 51.3. The van der Waals surface area contributed by atoms with Crippen molar-refractivity contribution >= 4 is 0 Å². The van der Waals surface area contributed by atoms with E-state index in [4.69, 9.17) is 5.73 Å². The lowest BCUT2D eigenvalue weighted by atomic mass is 9.81. The zero-order chi connectivity index (χ0) is 14.2. The van der Waals surface area contributed by atoms with Gasteiger partial charge in [-0.3, -0.25) is 0 Å². The van der Waals surface area contributed by atoms with Crippen molar-refractivity contribution in [3.63, 3.8) is 0 Å². The van der Waals surface area contributed by atoms with E-state index in [-0.39, 0.29) is 5.56 Å². The van der Waals surface area contributed by atoms with Gasteiger partial charge in [0, 0.05) is 17.5 Å². The van der Waals surface area contributed by atoms with Gasteiger partial charge in [-0.15, -0.1) is 0 Å². The van der Waals surface area contributed by atoms with Crippen LogP contribution in [0, 0.1) is 5.82 Å². The fourth-order valence-electron chi connectivity index (χ4n) is 1.83. The van der Waals surface area contributed by atoms with E-state index in [2.05, 4.69) is 0 Å². The Morgan fingerprint density at radius 2 is 1.67 bits per heavy atom. The van der Waals surface area contributed by atoms with Gasteiger partial charge in [-0.25, -0.2) is 4.39 Å². The molecular weight excluding hydrogens is 250 g/mol. The molecule has 6 heteroatoms. The zero-order valence-electron chi connectivity index (χ0n) is 10.1. The molecule has 0 unspecified atom stereocenters. The summed E-state index contributed by atoms with van der Waals surface area (Å²) in [7, 11) is 0. The number of benzene rings is 1. The molecule has 1 aromatic rings. The first-order valence-electron chi connectivity index (χ1n) is 5.30. The van der Waals surface area contributed by atoms with Crippen LogP contribution < -0.4 is 5.73 Å². The molecule has 18 heavy (non-hydrogen) atoms. The van der Waals surface area contributed by atoms with E-state index < -0.39 is 29.6 Å². The van der Waals surface area contributed by atoms with E-state index in [0.29, 0.717) is 6.92 Å². The first-order valence-corrected chi connectivity index (χ1v) is 5.30. The Labute approximate surface area is 102 Å². The van der Waals surface area contributed by atoms with Gasteiger partial charge < -0.3 is 10.8 Å². The molecule has 0 aliphatic heterocycles. The van der Waals surface area contributed by atoms with Crippen LogP contribution in [-0.4, -0.2) is 16.9 Å². The Balaban J connectivity index is 3.06. The second-order valence-corrected chi connectivity index (χ2v) is 4.85. The lowest BCUT2D eigenvalue weighted by Gasteiger charge is -2.35. The Morgan fingerprint density at radius 1 is 1.17 bits per heavy atom. The van der Waals surface area contributed by atoms with Crippen LogP contribution in [0.2, 0.25) is 0 Å². The highest BCUT2D eigenvalue weighted by atomic mass is 19.4. The number of alkyl halides is 3. The highest BCUT2D eigenvalue weighted by Crippen LogP contribution is 2.38. The summed E-state index contributed by atoms with van der Waals surface area (Å²) in [5.41, 5.74) is 1.07. The maximum Gasteiger partial charge on any atom is 0.416 e. The summed E-state index contributed by atoms with van der Waals surface area (Å²) in [6, 6.07) is 5.31. The molecule has 0 aliphatic carbocycles. The summed E-state index contributed by atoms with van der Waals surface area (Å²) in [5, 5.41) is 9.41. The predicted molar refractivity (Wildman–Crippen MR) is 59.2 cm³/mol. The fraction of sp³-hybridized carbons (Fsp3) is 0.500. The molecule has 1 aromatic carbocycles. The monoisotopic (exact) mass is 265 g/mol. The first kappa shape index (κ1) is 14.9. The van der Waals surface area contributed by atoms with Gasteiger partial charge >= 0.3 is 6.18 Å². The maximum absolute atomic E-state index is 13.5. The molecule has 0 heterocycles. The summed E-state index contributed by atoms with van der Waals surface area (Å²) >= 11 is 0. The number of nitrogens with two attached hydrogens (primary N) is 1. The van der Waals surface area contributed by atoms with Crippen molar-refractivity contribution in [2.24, 2.45) is 5.73 Å². The molecule has 3 N–H and O–H groups in total. The molecule has 2 atom stereocenters. The number of hydrogen-bond acceptors (Lipinski definition) is 2. The van der Waals surface area contributed by atoms with Crippen molar-refractivity contribution in [2.75, 3.05) is 0 Å². The normalized spacial score (nSPS) is 19.1. The molecular formula is C12H15F4NO. The Bertz CT molecular complexity index is 426. The topological polar surface area (TPSA) is 46.2 Å². The number of aliphatic hydroxyl groups is 1. The van der Waals surface area contributed by atoms with Crippen LogP contribution >= 0.6 is 0 Å². The molecule has 0 bridgehead atoms. The maximum atomic E-state index is 13.5. The van der Waals surface area contributed by atoms with Crippen molar-refractivity contribution < 1.29 is 22.7 Å². The van der Waals surface area contributed by atoms with Gasteiger partial charge in [0.2, 0.25) is 0 Å². The smallest absolute Gasteiger partial charge is 0.381 e. The van der Waals surface area contributed by atoms with Crippen molar-refractivity contribution in [2.45, 2.75) is 37.6 Å². The van der Waals surface area contributed by atoms with Crippen molar-refractivity contribution in [3.05, 3.63) is 35.6 Å². The molecule has 0 saturated heterocycles. The van der Waals surface area contributed by atoms with Crippen LogP contribution in [-0.2, 0) is 5.54 Å². The molecule has 0 aromatic heterocycles. The standard InChI is InChI=1S/C12H15F4NO/c1-10(17,7-11(2,18)12(14,15)16)8-5-3-4-6-9(8)13/h3-6,18H,7,17H2,1-2H3/t10-,11-/m0/s1. The van der Waals surface area contributed by atoms with E-state index >= 15 is 0 Å². The Hall–Kier alpha value is -1.14. The van der Waals surface area contributed by atoms with Crippen LogP contribution in [0.15, 0.2) is 24.3 Å². The minimum Gasteiger partial charge on any atom is -0.381 e. The van der Waals surface area contributed by atoms with E-state index in [1.54, 1.807) is 0 Å². The van der Waals surface area contributed by atoms with Crippen LogP contribution in [0.3, 0.4) is 0 Å². The summed E-state index contributed by atoms with van der Waals surface area (Å²) in [6.45, 7) is 1.88. The van der Waals surface area contributed by atoms with Gasteiger partial charge in [0.15, 0.2) is 5.60 Å². The van der Waals surface area contributed by atoms with Crippen LogP contribution in [0.25, 0.3) is 0 Å². The van der Waals surface area contributed by atoms with Gasteiger partial charge in [0.1, 0.15) is 5.82 Å². The number of halogens is 4. The Morgan fingerprint density at radius 3 is 2.11 bits per heavy atom. The summed E-state index contributed by atoms with van der Waals surface area (Å²) in [5.74, 6) is -0.694. The van der Waals surface area contributed by atoms with Crippen LogP contribution in [0.1, 0.15) is 25.8 Å². The van der Waals surface area contributed by atoms with E-state index in [1.807, 2.05) is 0 Å². The van der Waals surface area contributed by atoms with Gasteiger partial charge in [-0.2, -0.15) is 13.2 Å². The second-order valence-electron chi connectivity index (χ2n) is 4.85. The minimum absolute atomic E-state index is 0.0606. The highest BCUT2D eigenvalue weighted by Gasteiger charge is 2.52.